The SMILES string of the molecule is CCCCCc1ccc(-c2ccc(C(=O)Oc3ccc(CC(C)C)cc3C#N)cc2)cc1. The molecule has 0 saturated heterocycles. The number of benzene rings is 3. The van der Waals surface area contributed by atoms with Crippen molar-refractivity contribution < 1.29 is 9.53 Å². The largest absolute Gasteiger partial charge is 0.422 e. The number of esters is 1. The lowest BCUT2D eigenvalue weighted by molar-refractivity contribution is 0.0734. The summed E-state index contributed by atoms with van der Waals surface area (Å²) in [4.78, 5) is 12.6. The minimum atomic E-state index is -0.462. The zero-order valence-electron chi connectivity index (χ0n) is 19.2. The van der Waals surface area contributed by atoms with E-state index in [-0.39, 0.29) is 0 Å². The van der Waals surface area contributed by atoms with Crippen LogP contribution in [0.2, 0.25) is 0 Å². The molecule has 0 heterocycles. The predicted molar refractivity (Wildman–Crippen MR) is 130 cm³/mol. The number of carbonyl (C=O) groups excluding carboxylic acids is 1. The van der Waals surface area contributed by atoms with E-state index in [1.165, 1.54) is 24.8 Å². The highest BCUT2D eigenvalue weighted by atomic mass is 16.5. The van der Waals surface area contributed by atoms with Crippen molar-refractivity contribution in [1.82, 2.24) is 0 Å². The van der Waals surface area contributed by atoms with Gasteiger partial charge in [0.05, 0.1) is 11.1 Å². The van der Waals surface area contributed by atoms with E-state index in [2.05, 4.69) is 51.1 Å². The summed E-state index contributed by atoms with van der Waals surface area (Å²) < 4.78 is 5.53. The summed E-state index contributed by atoms with van der Waals surface area (Å²) in [6.45, 7) is 6.48. The summed E-state index contributed by atoms with van der Waals surface area (Å²) in [6.07, 6.45) is 5.71. The van der Waals surface area contributed by atoms with Gasteiger partial charge in [-0.2, -0.15) is 5.26 Å². The highest BCUT2D eigenvalue weighted by Gasteiger charge is 2.13. The normalized spacial score (nSPS) is 10.7. The molecule has 0 fully saturated rings. The maximum atomic E-state index is 12.6. The molecule has 0 radical (unpaired) electrons. The van der Waals surface area contributed by atoms with Crippen LogP contribution in [-0.4, -0.2) is 5.97 Å². The summed E-state index contributed by atoms with van der Waals surface area (Å²) in [6, 6.07) is 23.6. The average Bonchev–Trinajstić information content (AvgIpc) is 2.80. The highest BCUT2D eigenvalue weighted by molar-refractivity contribution is 5.92. The van der Waals surface area contributed by atoms with Gasteiger partial charge in [-0.3, -0.25) is 0 Å². The molecular weight excluding hydrogens is 394 g/mol. The van der Waals surface area contributed by atoms with Crippen molar-refractivity contribution >= 4 is 5.97 Å². The number of carbonyl (C=O) groups is 1. The molecule has 3 nitrogen and oxygen atoms in total. The van der Waals surface area contributed by atoms with Crippen LogP contribution in [-0.2, 0) is 12.8 Å². The third-order valence-electron chi connectivity index (χ3n) is 5.49. The molecule has 0 aliphatic rings. The van der Waals surface area contributed by atoms with Gasteiger partial charge in [-0.1, -0.05) is 76.1 Å². The van der Waals surface area contributed by atoms with Crippen molar-refractivity contribution in [2.45, 2.75) is 52.9 Å². The van der Waals surface area contributed by atoms with Gasteiger partial charge < -0.3 is 4.74 Å². The zero-order chi connectivity index (χ0) is 22.9. The summed E-state index contributed by atoms with van der Waals surface area (Å²) in [5, 5.41) is 9.46. The molecular formula is C29H31NO2. The van der Waals surface area contributed by atoms with Crippen molar-refractivity contribution in [1.29, 1.82) is 5.26 Å². The molecule has 0 aliphatic carbocycles. The van der Waals surface area contributed by atoms with Gasteiger partial charge in [-0.25, -0.2) is 4.79 Å². The van der Waals surface area contributed by atoms with Crippen LogP contribution in [0, 0.1) is 17.2 Å². The third kappa shape index (κ3) is 6.31. The van der Waals surface area contributed by atoms with Crippen LogP contribution in [0.15, 0.2) is 66.7 Å². The van der Waals surface area contributed by atoms with Crippen molar-refractivity contribution in [2.24, 2.45) is 5.92 Å². The smallest absolute Gasteiger partial charge is 0.343 e. The molecule has 0 amide bonds. The third-order valence-corrected chi connectivity index (χ3v) is 5.49. The first kappa shape index (κ1) is 23.3. The molecule has 0 atom stereocenters. The van der Waals surface area contributed by atoms with Gasteiger partial charge in [-0.05, 0) is 71.7 Å². The van der Waals surface area contributed by atoms with E-state index >= 15 is 0 Å². The van der Waals surface area contributed by atoms with Crippen molar-refractivity contribution in [3.05, 3.63) is 89.0 Å². The summed E-state index contributed by atoms with van der Waals surface area (Å²) >= 11 is 0. The zero-order valence-corrected chi connectivity index (χ0v) is 19.2. The van der Waals surface area contributed by atoms with Crippen molar-refractivity contribution in [3.63, 3.8) is 0 Å². The van der Waals surface area contributed by atoms with E-state index < -0.39 is 5.97 Å². The Labute approximate surface area is 191 Å². The lowest BCUT2D eigenvalue weighted by Crippen LogP contribution is -2.09. The molecule has 3 rings (SSSR count). The van der Waals surface area contributed by atoms with Crippen molar-refractivity contribution in [3.8, 4) is 22.9 Å². The monoisotopic (exact) mass is 425 g/mol. The van der Waals surface area contributed by atoms with Gasteiger partial charge >= 0.3 is 5.97 Å². The first-order valence-electron chi connectivity index (χ1n) is 11.4. The highest BCUT2D eigenvalue weighted by Crippen LogP contribution is 2.24. The maximum Gasteiger partial charge on any atom is 0.343 e. The Morgan fingerprint density at radius 1 is 0.906 bits per heavy atom. The number of rotatable bonds is 9. The van der Waals surface area contributed by atoms with Gasteiger partial charge in [0.25, 0.3) is 0 Å². The van der Waals surface area contributed by atoms with Gasteiger partial charge in [0, 0.05) is 0 Å². The molecule has 3 aromatic carbocycles. The second-order valence-corrected chi connectivity index (χ2v) is 8.66. The summed E-state index contributed by atoms with van der Waals surface area (Å²) in [5.74, 6) is 0.328. The molecule has 164 valence electrons. The van der Waals surface area contributed by atoms with Gasteiger partial charge in [0.15, 0.2) is 0 Å². The Kier molecular flexibility index (Phi) is 8.22. The number of ether oxygens (including phenoxy) is 1. The van der Waals surface area contributed by atoms with E-state index in [9.17, 15) is 10.1 Å². The fourth-order valence-corrected chi connectivity index (χ4v) is 3.75. The molecule has 0 unspecified atom stereocenters. The number of hydrogen-bond acceptors (Lipinski definition) is 3. The Hall–Kier alpha value is -3.38. The quantitative estimate of drug-likeness (QED) is 0.204. The number of aryl methyl sites for hydroxylation is 1. The van der Waals surface area contributed by atoms with E-state index in [0.717, 1.165) is 29.5 Å². The van der Waals surface area contributed by atoms with Gasteiger partial charge in [0.1, 0.15) is 11.8 Å². The maximum absolute atomic E-state index is 12.6. The minimum Gasteiger partial charge on any atom is -0.422 e. The molecule has 3 heteroatoms. The first-order valence-corrected chi connectivity index (χ1v) is 11.4. The topological polar surface area (TPSA) is 50.1 Å². The first-order chi connectivity index (χ1) is 15.5. The molecule has 0 aliphatic heterocycles. The van der Waals surface area contributed by atoms with Gasteiger partial charge in [-0.15, -0.1) is 0 Å². The van der Waals surface area contributed by atoms with Crippen molar-refractivity contribution in [2.75, 3.05) is 0 Å². The number of hydrogen-bond donors (Lipinski definition) is 0. The lowest BCUT2D eigenvalue weighted by atomic mass is 10.0. The van der Waals surface area contributed by atoms with Crippen LogP contribution in [0.25, 0.3) is 11.1 Å². The Morgan fingerprint density at radius 2 is 1.53 bits per heavy atom. The fourth-order valence-electron chi connectivity index (χ4n) is 3.75. The molecule has 0 aromatic heterocycles. The Balaban J connectivity index is 1.67. The number of unbranched alkanes of at least 4 members (excludes halogenated alkanes) is 2. The predicted octanol–water partition coefficient (Wildman–Crippen LogP) is 7.38. The molecule has 0 bridgehead atoms. The molecule has 3 aromatic rings. The second-order valence-electron chi connectivity index (χ2n) is 8.66. The average molecular weight is 426 g/mol. The molecule has 32 heavy (non-hydrogen) atoms. The van der Waals surface area contributed by atoms with Gasteiger partial charge in [0.2, 0.25) is 0 Å². The standard InChI is InChI=1S/C29H31NO2/c1-4-5-6-7-22-8-11-24(12-9-22)25-13-15-26(16-14-25)29(31)32-28-17-10-23(18-21(2)3)19-27(28)20-30/h8-17,19,21H,4-7,18H2,1-3H3. The van der Waals surface area contributed by atoms with E-state index in [4.69, 9.17) is 4.74 Å². The van der Waals surface area contributed by atoms with Crippen LogP contribution in [0.3, 0.4) is 0 Å². The summed E-state index contributed by atoms with van der Waals surface area (Å²) in [7, 11) is 0. The number of nitriles is 1. The lowest BCUT2D eigenvalue weighted by Gasteiger charge is -2.10. The van der Waals surface area contributed by atoms with E-state index in [1.54, 1.807) is 24.3 Å². The Morgan fingerprint density at radius 3 is 2.12 bits per heavy atom. The van der Waals surface area contributed by atoms with Crippen LogP contribution < -0.4 is 4.74 Å². The second kappa shape index (κ2) is 11.3. The minimum absolute atomic E-state index is 0.299. The summed E-state index contributed by atoms with van der Waals surface area (Å²) in [5.41, 5.74) is 5.44. The molecule has 0 saturated carbocycles. The van der Waals surface area contributed by atoms with E-state index in [0.29, 0.717) is 22.8 Å². The number of nitrogens with zero attached hydrogens (tertiary/aromatic N) is 1. The van der Waals surface area contributed by atoms with Crippen LogP contribution in [0.5, 0.6) is 5.75 Å². The van der Waals surface area contributed by atoms with E-state index in [1.807, 2.05) is 18.2 Å². The fraction of sp³-hybridized carbons (Fsp3) is 0.310. The molecule has 0 spiro atoms. The van der Waals surface area contributed by atoms with Crippen LogP contribution in [0.1, 0.15) is 67.1 Å². The molecule has 0 N–H and O–H groups in total. The van der Waals surface area contributed by atoms with Crippen LogP contribution in [0.4, 0.5) is 0 Å². The van der Waals surface area contributed by atoms with Crippen LogP contribution >= 0.6 is 0 Å². The Bertz CT molecular complexity index is 1070.